The van der Waals surface area contributed by atoms with Gasteiger partial charge in [-0.2, -0.15) is 0 Å². The van der Waals surface area contributed by atoms with Gasteiger partial charge in [0.05, 0.1) is 26.4 Å². The van der Waals surface area contributed by atoms with Crippen LogP contribution in [-0.2, 0) is 65.4 Å². The van der Waals surface area contributed by atoms with E-state index < -0.39 is 97.5 Å². The van der Waals surface area contributed by atoms with Crippen LogP contribution in [0.2, 0.25) is 0 Å². The minimum absolute atomic E-state index is 0.107. The Labute approximate surface area is 677 Å². The summed E-state index contributed by atoms with van der Waals surface area (Å²) in [4.78, 5) is 73.4. The molecular weight excluding hydrogens is 1430 g/mol. The standard InChI is InChI=1S/C91H178O17P2/c1-9-84(8)70-62-54-46-37-31-25-19-12-10-11-13-21-27-33-39-49-57-65-73-90(95)107-86(77-101-88(93)71-63-55-47-38-32-26-20-15-14-17-23-29-35-43-51-59-67-81(2)3)79-105-109(97,98)103-75-85(92)76-104-110(99,100)106-80-87(78-102-89(94)72-64-56-48-42-41-45-53-61-69-83(6)7)108-91(96)74-66-58-50-40-34-28-22-16-18-24-30-36-44-52-60-68-82(4)5/h81-87,92H,9-80H2,1-8H3,(H,97,98)(H,99,100)/t84?,85-,86-,87-/m1/s1. The lowest BCUT2D eigenvalue weighted by atomic mass is 9.99. The van der Waals surface area contributed by atoms with Crippen molar-refractivity contribution in [2.45, 2.75) is 497 Å². The van der Waals surface area contributed by atoms with Gasteiger partial charge in [-0.15, -0.1) is 0 Å². The molecule has 0 radical (unpaired) electrons. The maximum absolute atomic E-state index is 13.2. The zero-order chi connectivity index (χ0) is 80.9. The van der Waals surface area contributed by atoms with Crippen LogP contribution in [0.15, 0.2) is 0 Å². The summed E-state index contributed by atoms with van der Waals surface area (Å²) >= 11 is 0. The van der Waals surface area contributed by atoms with Crippen molar-refractivity contribution in [3.8, 4) is 0 Å². The van der Waals surface area contributed by atoms with Crippen molar-refractivity contribution in [2.24, 2.45) is 23.7 Å². The fourth-order valence-electron chi connectivity index (χ4n) is 14.2. The predicted molar refractivity (Wildman–Crippen MR) is 455 cm³/mol. The quantitative estimate of drug-likeness (QED) is 0.0222. The van der Waals surface area contributed by atoms with E-state index in [9.17, 15) is 43.2 Å². The summed E-state index contributed by atoms with van der Waals surface area (Å²) in [6, 6.07) is 0. The Morgan fingerprint density at radius 2 is 0.436 bits per heavy atom. The molecule has 6 atom stereocenters. The molecule has 0 fully saturated rings. The number of rotatable bonds is 88. The molecule has 3 unspecified atom stereocenters. The lowest BCUT2D eigenvalue weighted by Gasteiger charge is -2.21. The average Bonchev–Trinajstić information content (AvgIpc) is 0.920. The normalized spacial score (nSPS) is 14.1. The molecule has 0 aliphatic heterocycles. The molecule has 654 valence electrons. The van der Waals surface area contributed by atoms with Crippen molar-refractivity contribution >= 4 is 39.5 Å². The number of carbonyl (C=O) groups excluding carboxylic acids is 4. The number of aliphatic hydroxyl groups excluding tert-OH is 1. The molecule has 0 aliphatic carbocycles. The van der Waals surface area contributed by atoms with Crippen molar-refractivity contribution in [1.82, 2.24) is 0 Å². The third-order valence-corrected chi connectivity index (χ3v) is 23.6. The first-order valence-corrected chi connectivity index (χ1v) is 49.7. The molecule has 0 bridgehead atoms. The van der Waals surface area contributed by atoms with Gasteiger partial charge >= 0.3 is 39.5 Å². The average molecular weight is 1610 g/mol. The maximum Gasteiger partial charge on any atom is 0.472 e. The SMILES string of the molecule is CCC(C)CCCCCCCCCCCCCCCCCCCCC(=O)O[C@H](COC(=O)CCCCCCCCCCCCCCCCCCC(C)C)COP(=O)(O)OC[C@@H](O)COP(=O)(O)OC[C@@H](COC(=O)CCCCCCCCCCC(C)C)OC(=O)CCCCCCCCCCCCCCCCCC(C)C. The number of unbranched alkanes of at least 4 members (excludes halogenated alkanes) is 53. The van der Waals surface area contributed by atoms with Gasteiger partial charge in [-0.3, -0.25) is 37.3 Å². The summed E-state index contributed by atoms with van der Waals surface area (Å²) in [6.45, 7) is 14.4. The van der Waals surface area contributed by atoms with Crippen LogP contribution in [0.5, 0.6) is 0 Å². The largest absolute Gasteiger partial charge is 0.472 e. The van der Waals surface area contributed by atoms with Crippen LogP contribution in [0.25, 0.3) is 0 Å². The Morgan fingerprint density at radius 3 is 0.645 bits per heavy atom. The van der Waals surface area contributed by atoms with Gasteiger partial charge in [0.15, 0.2) is 12.2 Å². The Balaban J connectivity index is 5.24. The molecule has 0 spiro atoms. The lowest BCUT2D eigenvalue weighted by Crippen LogP contribution is -2.30. The number of aliphatic hydroxyl groups is 1. The first-order chi connectivity index (χ1) is 53.1. The first kappa shape index (κ1) is 108. The van der Waals surface area contributed by atoms with E-state index in [0.717, 1.165) is 114 Å². The second-order valence-electron chi connectivity index (χ2n) is 34.4. The van der Waals surface area contributed by atoms with Crippen LogP contribution < -0.4 is 0 Å². The van der Waals surface area contributed by atoms with Gasteiger partial charge < -0.3 is 33.8 Å². The molecular formula is C91H178O17P2. The topological polar surface area (TPSA) is 237 Å². The van der Waals surface area contributed by atoms with Crippen LogP contribution in [0.4, 0.5) is 0 Å². The summed E-state index contributed by atoms with van der Waals surface area (Å²) in [7, 11) is -9.94. The Bertz CT molecular complexity index is 2130. The van der Waals surface area contributed by atoms with Crippen molar-refractivity contribution in [3.05, 3.63) is 0 Å². The van der Waals surface area contributed by atoms with Gasteiger partial charge in [0.25, 0.3) is 0 Å². The molecule has 0 aromatic heterocycles. The highest BCUT2D eigenvalue weighted by Crippen LogP contribution is 2.45. The number of hydrogen-bond acceptors (Lipinski definition) is 15. The van der Waals surface area contributed by atoms with E-state index in [2.05, 4.69) is 55.4 Å². The molecule has 0 aromatic carbocycles. The van der Waals surface area contributed by atoms with Gasteiger partial charge in [-0.1, -0.05) is 428 Å². The maximum atomic E-state index is 13.2. The monoisotopic (exact) mass is 1610 g/mol. The van der Waals surface area contributed by atoms with E-state index in [-0.39, 0.29) is 25.7 Å². The highest BCUT2D eigenvalue weighted by atomic mass is 31.2. The fraction of sp³-hybridized carbons (Fsp3) is 0.956. The van der Waals surface area contributed by atoms with E-state index >= 15 is 0 Å². The first-order valence-electron chi connectivity index (χ1n) is 46.7. The number of ether oxygens (including phenoxy) is 4. The molecule has 0 saturated carbocycles. The Morgan fingerprint density at radius 1 is 0.255 bits per heavy atom. The van der Waals surface area contributed by atoms with Gasteiger partial charge in [-0.05, 0) is 49.4 Å². The highest BCUT2D eigenvalue weighted by Gasteiger charge is 2.31. The summed E-state index contributed by atoms with van der Waals surface area (Å²) < 4.78 is 69.1. The second kappa shape index (κ2) is 79.5. The Kier molecular flexibility index (Phi) is 78.1. The molecule has 110 heavy (non-hydrogen) atoms. The summed E-state index contributed by atoms with van der Waals surface area (Å²) in [5.41, 5.74) is 0. The van der Waals surface area contributed by atoms with E-state index in [1.165, 1.54) is 283 Å². The van der Waals surface area contributed by atoms with Crippen molar-refractivity contribution < 1.29 is 80.2 Å². The molecule has 0 aliphatic rings. The van der Waals surface area contributed by atoms with E-state index in [1.54, 1.807) is 0 Å². The van der Waals surface area contributed by atoms with E-state index in [1.807, 2.05) is 0 Å². The predicted octanol–water partition coefficient (Wildman–Crippen LogP) is 27.9. The number of phosphoric acid groups is 2. The second-order valence-corrected chi connectivity index (χ2v) is 37.3. The molecule has 0 aromatic rings. The van der Waals surface area contributed by atoms with Crippen LogP contribution in [0, 0.1) is 23.7 Å². The molecule has 17 nitrogen and oxygen atoms in total. The van der Waals surface area contributed by atoms with Crippen LogP contribution in [-0.4, -0.2) is 96.7 Å². The number of esters is 4. The van der Waals surface area contributed by atoms with Crippen LogP contribution in [0.1, 0.15) is 479 Å². The van der Waals surface area contributed by atoms with Crippen LogP contribution >= 0.6 is 15.6 Å². The van der Waals surface area contributed by atoms with E-state index in [4.69, 9.17) is 37.0 Å². The van der Waals surface area contributed by atoms with Crippen molar-refractivity contribution in [1.29, 1.82) is 0 Å². The molecule has 19 heteroatoms. The number of hydrogen-bond donors (Lipinski definition) is 3. The molecule has 0 rings (SSSR count). The zero-order valence-corrected chi connectivity index (χ0v) is 74.7. The zero-order valence-electron chi connectivity index (χ0n) is 72.9. The molecule has 0 heterocycles. The van der Waals surface area contributed by atoms with Crippen molar-refractivity contribution in [3.63, 3.8) is 0 Å². The minimum Gasteiger partial charge on any atom is -0.462 e. The van der Waals surface area contributed by atoms with E-state index in [0.29, 0.717) is 25.7 Å². The number of carbonyl (C=O) groups is 4. The highest BCUT2D eigenvalue weighted by molar-refractivity contribution is 7.47. The molecule has 3 N–H and O–H groups in total. The van der Waals surface area contributed by atoms with Gasteiger partial charge in [0.2, 0.25) is 0 Å². The number of phosphoric ester groups is 2. The summed E-state index contributed by atoms with van der Waals surface area (Å²) in [5, 5.41) is 10.7. The lowest BCUT2D eigenvalue weighted by molar-refractivity contribution is -0.161. The van der Waals surface area contributed by atoms with Crippen molar-refractivity contribution in [2.75, 3.05) is 39.6 Å². The smallest absolute Gasteiger partial charge is 0.462 e. The third-order valence-electron chi connectivity index (χ3n) is 21.7. The summed E-state index contributed by atoms with van der Waals surface area (Å²) in [6.07, 6.45) is 70.9. The molecule has 0 saturated heterocycles. The van der Waals surface area contributed by atoms with Gasteiger partial charge in [0.1, 0.15) is 19.3 Å². The molecule has 0 amide bonds. The van der Waals surface area contributed by atoms with Crippen LogP contribution in [0.3, 0.4) is 0 Å². The Hall–Kier alpha value is -1.94. The minimum atomic E-state index is -4.97. The fourth-order valence-corrected chi connectivity index (χ4v) is 15.7. The third kappa shape index (κ3) is 82.6. The van der Waals surface area contributed by atoms with Gasteiger partial charge in [0, 0.05) is 25.7 Å². The summed E-state index contributed by atoms with van der Waals surface area (Å²) in [5.74, 6) is 1.11. The van der Waals surface area contributed by atoms with Gasteiger partial charge in [-0.25, -0.2) is 9.13 Å².